The van der Waals surface area contributed by atoms with E-state index in [-0.39, 0.29) is 11.8 Å². The minimum atomic E-state index is -0.136. The molecule has 0 aromatic carbocycles. The molecule has 4 atom stereocenters. The summed E-state index contributed by atoms with van der Waals surface area (Å²) in [6.07, 6.45) is 5.90. The van der Waals surface area contributed by atoms with E-state index >= 15 is 0 Å². The van der Waals surface area contributed by atoms with Crippen molar-refractivity contribution in [3.8, 4) is 0 Å². The number of likely N-dealkylation sites (tertiary alicyclic amines) is 1. The second kappa shape index (κ2) is 6.66. The fraction of sp³-hybridized carbons (Fsp3) is 0.941. The molecule has 4 heteroatoms. The van der Waals surface area contributed by atoms with Gasteiger partial charge in [-0.25, -0.2) is 0 Å². The number of amides is 1. The molecule has 1 aliphatic heterocycles. The summed E-state index contributed by atoms with van der Waals surface area (Å²) in [4.78, 5) is 13.9. The molecule has 122 valence electrons. The van der Waals surface area contributed by atoms with Crippen LogP contribution in [-0.4, -0.2) is 36.5 Å². The smallest absolute Gasteiger partial charge is 0.221 e. The van der Waals surface area contributed by atoms with Crippen molar-refractivity contribution < 1.29 is 4.79 Å². The topological polar surface area (TPSA) is 72.3 Å². The number of primary amides is 1. The molecule has 1 saturated heterocycles. The summed E-state index contributed by atoms with van der Waals surface area (Å²) in [5.74, 6) is 1.26. The molecule has 0 radical (unpaired) electrons. The van der Waals surface area contributed by atoms with Gasteiger partial charge in [-0.15, -0.1) is 0 Å². The van der Waals surface area contributed by atoms with E-state index in [4.69, 9.17) is 11.5 Å². The lowest BCUT2D eigenvalue weighted by Gasteiger charge is -2.46. The number of carbonyl (C=O) groups excluding carboxylic acids is 1. The van der Waals surface area contributed by atoms with Gasteiger partial charge in [0.2, 0.25) is 5.91 Å². The van der Waals surface area contributed by atoms with Crippen molar-refractivity contribution in [2.45, 2.75) is 58.9 Å². The maximum Gasteiger partial charge on any atom is 0.221 e. The zero-order chi connectivity index (χ0) is 15.6. The van der Waals surface area contributed by atoms with Crippen LogP contribution in [0.5, 0.6) is 0 Å². The monoisotopic (exact) mass is 295 g/mol. The summed E-state index contributed by atoms with van der Waals surface area (Å²) in [5.41, 5.74) is 11.9. The van der Waals surface area contributed by atoms with Crippen LogP contribution in [0.4, 0.5) is 0 Å². The third-order valence-electron chi connectivity index (χ3n) is 6.37. The Hall–Kier alpha value is -0.610. The van der Waals surface area contributed by atoms with Gasteiger partial charge >= 0.3 is 0 Å². The Labute approximate surface area is 129 Å². The first kappa shape index (κ1) is 16.8. The van der Waals surface area contributed by atoms with Crippen LogP contribution in [-0.2, 0) is 4.79 Å². The van der Waals surface area contributed by atoms with Crippen LogP contribution in [0, 0.1) is 23.2 Å². The minimum absolute atomic E-state index is 0.0444. The normalized spacial score (nSPS) is 35.0. The highest BCUT2D eigenvalue weighted by Gasteiger charge is 2.41. The molecule has 0 aromatic rings. The predicted octanol–water partition coefficient (Wildman–Crippen LogP) is 1.97. The lowest BCUT2D eigenvalue weighted by molar-refractivity contribution is -0.121. The molecular weight excluding hydrogens is 262 g/mol. The molecule has 0 bridgehead atoms. The van der Waals surface area contributed by atoms with E-state index in [1.54, 1.807) is 0 Å². The molecule has 0 aromatic heterocycles. The maximum atomic E-state index is 11.4. The van der Waals surface area contributed by atoms with Crippen LogP contribution in [0.25, 0.3) is 0 Å². The highest BCUT2D eigenvalue weighted by Crippen LogP contribution is 2.44. The summed E-state index contributed by atoms with van der Waals surface area (Å²) in [5, 5.41) is 0. The van der Waals surface area contributed by atoms with Gasteiger partial charge in [-0.05, 0) is 56.0 Å². The molecule has 1 heterocycles. The summed E-state index contributed by atoms with van der Waals surface area (Å²) in [7, 11) is 0. The van der Waals surface area contributed by atoms with E-state index < -0.39 is 0 Å². The predicted molar refractivity (Wildman–Crippen MR) is 86.6 cm³/mol. The Bertz CT molecular complexity index is 369. The minimum Gasteiger partial charge on any atom is -0.369 e. The van der Waals surface area contributed by atoms with E-state index in [2.05, 4.69) is 25.7 Å². The standard InChI is InChI=1S/C17H33N3O/c1-4-17(2,3)14-6-5-12(10-18)15(9-14)20-8-7-13(11-20)16(19)21/h12-15H,4-11,18H2,1-3H3,(H2,19,21). The lowest BCUT2D eigenvalue weighted by Crippen LogP contribution is -2.48. The van der Waals surface area contributed by atoms with E-state index in [9.17, 15) is 4.79 Å². The average molecular weight is 295 g/mol. The highest BCUT2D eigenvalue weighted by molar-refractivity contribution is 5.77. The largest absolute Gasteiger partial charge is 0.369 e. The molecule has 1 aliphatic carbocycles. The van der Waals surface area contributed by atoms with Crippen molar-refractivity contribution in [2.24, 2.45) is 34.6 Å². The number of hydrogen-bond donors (Lipinski definition) is 2. The zero-order valence-corrected chi connectivity index (χ0v) is 14.0. The third-order valence-corrected chi connectivity index (χ3v) is 6.37. The first-order chi connectivity index (χ1) is 9.89. The molecule has 2 aliphatic rings. The third kappa shape index (κ3) is 3.59. The molecule has 1 saturated carbocycles. The number of carbonyl (C=O) groups is 1. The molecular formula is C17H33N3O. The molecule has 4 nitrogen and oxygen atoms in total. The number of nitrogens with zero attached hydrogens (tertiary/aromatic N) is 1. The van der Waals surface area contributed by atoms with Crippen molar-refractivity contribution in [1.82, 2.24) is 4.90 Å². The van der Waals surface area contributed by atoms with Gasteiger partial charge in [-0.1, -0.05) is 27.2 Å². The summed E-state index contributed by atoms with van der Waals surface area (Å²) in [6, 6.07) is 0.545. The quantitative estimate of drug-likeness (QED) is 0.814. The number of nitrogens with two attached hydrogens (primary N) is 2. The van der Waals surface area contributed by atoms with Crippen LogP contribution < -0.4 is 11.5 Å². The Kier molecular flexibility index (Phi) is 5.31. The highest BCUT2D eigenvalue weighted by atomic mass is 16.1. The van der Waals surface area contributed by atoms with Gasteiger partial charge in [0.1, 0.15) is 0 Å². The summed E-state index contributed by atoms with van der Waals surface area (Å²) < 4.78 is 0. The second-order valence-corrected chi connectivity index (χ2v) is 7.80. The molecule has 1 amide bonds. The molecule has 2 fully saturated rings. The molecule has 4 N–H and O–H groups in total. The Morgan fingerprint density at radius 2 is 2.00 bits per heavy atom. The Morgan fingerprint density at radius 3 is 2.52 bits per heavy atom. The molecule has 21 heavy (non-hydrogen) atoms. The van der Waals surface area contributed by atoms with Crippen LogP contribution in [0.1, 0.15) is 52.9 Å². The number of hydrogen-bond acceptors (Lipinski definition) is 3. The van der Waals surface area contributed by atoms with E-state index in [1.165, 1.54) is 25.7 Å². The SMILES string of the molecule is CCC(C)(C)C1CCC(CN)C(N2CCC(C(N)=O)C2)C1. The van der Waals surface area contributed by atoms with E-state index in [1.807, 2.05) is 0 Å². The molecule has 4 unspecified atom stereocenters. The maximum absolute atomic E-state index is 11.4. The van der Waals surface area contributed by atoms with Crippen molar-refractivity contribution in [3.05, 3.63) is 0 Å². The van der Waals surface area contributed by atoms with Crippen LogP contribution in [0.3, 0.4) is 0 Å². The van der Waals surface area contributed by atoms with Gasteiger partial charge in [-0.3, -0.25) is 9.69 Å². The zero-order valence-electron chi connectivity index (χ0n) is 14.0. The summed E-state index contributed by atoms with van der Waals surface area (Å²) >= 11 is 0. The van der Waals surface area contributed by atoms with Crippen molar-refractivity contribution in [3.63, 3.8) is 0 Å². The first-order valence-electron chi connectivity index (χ1n) is 8.62. The van der Waals surface area contributed by atoms with Crippen LogP contribution >= 0.6 is 0 Å². The van der Waals surface area contributed by atoms with Crippen LogP contribution in [0.2, 0.25) is 0 Å². The van der Waals surface area contributed by atoms with Gasteiger partial charge in [0.05, 0.1) is 5.92 Å². The van der Waals surface area contributed by atoms with Crippen molar-refractivity contribution in [2.75, 3.05) is 19.6 Å². The van der Waals surface area contributed by atoms with Crippen molar-refractivity contribution in [1.29, 1.82) is 0 Å². The molecule has 2 rings (SSSR count). The summed E-state index contributed by atoms with van der Waals surface area (Å²) in [6.45, 7) is 9.70. The Balaban J connectivity index is 2.06. The second-order valence-electron chi connectivity index (χ2n) is 7.80. The van der Waals surface area contributed by atoms with Gasteiger partial charge < -0.3 is 11.5 Å². The fourth-order valence-corrected chi connectivity index (χ4v) is 4.25. The van der Waals surface area contributed by atoms with Gasteiger partial charge in [-0.2, -0.15) is 0 Å². The van der Waals surface area contributed by atoms with E-state index in [0.29, 0.717) is 17.4 Å². The van der Waals surface area contributed by atoms with Gasteiger partial charge in [0, 0.05) is 12.6 Å². The first-order valence-corrected chi connectivity index (χ1v) is 8.62. The van der Waals surface area contributed by atoms with Crippen molar-refractivity contribution >= 4 is 5.91 Å². The molecule has 0 spiro atoms. The van der Waals surface area contributed by atoms with Gasteiger partial charge in [0.25, 0.3) is 0 Å². The average Bonchev–Trinajstić information content (AvgIpc) is 2.96. The lowest BCUT2D eigenvalue weighted by atomic mass is 9.65. The van der Waals surface area contributed by atoms with Gasteiger partial charge in [0.15, 0.2) is 0 Å². The number of rotatable bonds is 5. The van der Waals surface area contributed by atoms with E-state index in [0.717, 1.165) is 32.0 Å². The van der Waals surface area contributed by atoms with Crippen LogP contribution in [0.15, 0.2) is 0 Å². The fourth-order valence-electron chi connectivity index (χ4n) is 4.25. The Morgan fingerprint density at radius 1 is 1.29 bits per heavy atom.